The monoisotopic (exact) mass is 272 g/mol. The molecular weight excluding hydrogens is 244 g/mol. The van der Waals surface area contributed by atoms with Gasteiger partial charge in [-0.15, -0.1) is 0 Å². The highest BCUT2D eigenvalue weighted by Gasteiger charge is 2.35. The van der Waals surface area contributed by atoms with Crippen LogP contribution in [0.5, 0.6) is 0 Å². The number of benzene rings is 1. The molecule has 0 radical (unpaired) electrons. The summed E-state index contributed by atoms with van der Waals surface area (Å²) in [6, 6.07) is 9.62. The molecule has 0 bridgehead atoms. The first-order chi connectivity index (χ1) is 9.75. The van der Waals surface area contributed by atoms with E-state index < -0.39 is 0 Å². The number of nitrogens with zero attached hydrogens (tertiary/aromatic N) is 1. The van der Waals surface area contributed by atoms with Gasteiger partial charge in [-0.1, -0.05) is 37.1 Å². The van der Waals surface area contributed by atoms with Gasteiger partial charge in [-0.05, 0) is 56.2 Å². The van der Waals surface area contributed by atoms with Crippen molar-refractivity contribution in [2.75, 3.05) is 13.1 Å². The van der Waals surface area contributed by atoms with Crippen LogP contribution in [0.25, 0.3) is 0 Å². The quantitative estimate of drug-likeness (QED) is 0.906. The predicted octanol–water partition coefficient (Wildman–Crippen LogP) is 3.65. The predicted molar refractivity (Wildman–Crippen MR) is 84.7 cm³/mol. The van der Waals surface area contributed by atoms with Crippen molar-refractivity contribution in [3.05, 3.63) is 35.4 Å². The van der Waals surface area contributed by atoms with E-state index in [1.165, 1.54) is 56.3 Å². The third-order valence-electron chi connectivity index (χ3n) is 5.44. The lowest BCUT2D eigenvalue weighted by Gasteiger charge is -2.32. The zero-order valence-corrected chi connectivity index (χ0v) is 12.7. The Kier molecular flexibility index (Phi) is 4.42. The summed E-state index contributed by atoms with van der Waals surface area (Å²) in [5.41, 5.74) is 9.07. The van der Waals surface area contributed by atoms with Gasteiger partial charge in [-0.2, -0.15) is 0 Å². The van der Waals surface area contributed by atoms with Crippen LogP contribution in [0.2, 0.25) is 0 Å². The maximum absolute atomic E-state index is 6.42. The van der Waals surface area contributed by atoms with E-state index in [1.54, 1.807) is 0 Å². The SMILES string of the molecule is Cc1ccccc1C(N)CCN1CCC2CCCCC21. The fraction of sp³-hybridized carbons (Fsp3) is 0.667. The molecule has 2 N–H and O–H groups in total. The molecule has 1 aliphatic heterocycles. The molecule has 3 unspecified atom stereocenters. The van der Waals surface area contributed by atoms with Crippen molar-refractivity contribution in [2.24, 2.45) is 11.7 Å². The summed E-state index contributed by atoms with van der Waals surface area (Å²) in [5.74, 6) is 0.985. The molecule has 0 amide bonds. The molecule has 1 saturated heterocycles. The minimum absolute atomic E-state index is 0.193. The molecule has 0 spiro atoms. The lowest BCUT2D eigenvalue weighted by molar-refractivity contribution is 0.178. The van der Waals surface area contributed by atoms with Crippen molar-refractivity contribution in [2.45, 2.75) is 57.5 Å². The van der Waals surface area contributed by atoms with E-state index >= 15 is 0 Å². The zero-order chi connectivity index (χ0) is 13.9. The summed E-state index contributed by atoms with van der Waals surface area (Å²) < 4.78 is 0. The third kappa shape index (κ3) is 2.91. The van der Waals surface area contributed by atoms with Crippen LogP contribution in [-0.2, 0) is 0 Å². The smallest absolute Gasteiger partial charge is 0.0309 e. The van der Waals surface area contributed by atoms with Gasteiger partial charge in [0.05, 0.1) is 0 Å². The van der Waals surface area contributed by atoms with Gasteiger partial charge in [0.1, 0.15) is 0 Å². The molecule has 1 aromatic rings. The molecule has 2 fully saturated rings. The number of aryl methyl sites for hydroxylation is 1. The minimum atomic E-state index is 0.193. The minimum Gasteiger partial charge on any atom is -0.324 e. The van der Waals surface area contributed by atoms with Crippen LogP contribution in [0.4, 0.5) is 0 Å². The van der Waals surface area contributed by atoms with Gasteiger partial charge in [-0.25, -0.2) is 0 Å². The van der Waals surface area contributed by atoms with Gasteiger partial charge < -0.3 is 10.6 Å². The van der Waals surface area contributed by atoms with E-state index in [9.17, 15) is 0 Å². The van der Waals surface area contributed by atoms with Crippen LogP contribution >= 0.6 is 0 Å². The molecule has 2 nitrogen and oxygen atoms in total. The lowest BCUT2D eigenvalue weighted by atomic mass is 9.85. The first-order valence-electron chi connectivity index (χ1n) is 8.31. The molecular formula is C18H28N2. The number of hydrogen-bond acceptors (Lipinski definition) is 2. The van der Waals surface area contributed by atoms with Crippen molar-refractivity contribution < 1.29 is 0 Å². The van der Waals surface area contributed by atoms with Crippen molar-refractivity contribution >= 4 is 0 Å². The largest absolute Gasteiger partial charge is 0.324 e. The Labute approximate surface area is 123 Å². The average molecular weight is 272 g/mol. The summed E-state index contributed by atoms with van der Waals surface area (Å²) in [7, 11) is 0. The second-order valence-electron chi connectivity index (χ2n) is 6.69. The summed E-state index contributed by atoms with van der Waals surface area (Å²) in [6.45, 7) is 4.65. The molecule has 1 aliphatic carbocycles. The molecule has 1 aromatic carbocycles. The first kappa shape index (κ1) is 14.1. The maximum Gasteiger partial charge on any atom is 0.0309 e. The van der Waals surface area contributed by atoms with Gasteiger partial charge in [-0.3, -0.25) is 0 Å². The highest BCUT2D eigenvalue weighted by Crippen LogP contribution is 2.36. The maximum atomic E-state index is 6.42. The fourth-order valence-electron chi connectivity index (χ4n) is 4.24. The van der Waals surface area contributed by atoms with Gasteiger partial charge in [0.2, 0.25) is 0 Å². The van der Waals surface area contributed by atoms with Crippen LogP contribution in [0.15, 0.2) is 24.3 Å². The van der Waals surface area contributed by atoms with E-state index in [2.05, 4.69) is 36.1 Å². The average Bonchev–Trinajstić information content (AvgIpc) is 2.88. The Bertz CT molecular complexity index is 443. The lowest BCUT2D eigenvalue weighted by Crippen LogP contribution is -2.36. The molecule has 110 valence electrons. The molecule has 1 heterocycles. The Hall–Kier alpha value is -0.860. The number of hydrogen-bond donors (Lipinski definition) is 1. The summed E-state index contributed by atoms with van der Waals surface area (Å²) >= 11 is 0. The summed E-state index contributed by atoms with van der Waals surface area (Å²) in [6.07, 6.45) is 8.28. The number of rotatable bonds is 4. The molecule has 3 rings (SSSR count). The van der Waals surface area contributed by atoms with Gasteiger partial charge >= 0.3 is 0 Å². The topological polar surface area (TPSA) is 29.3 Å². The Balaban J connectivity index is 1.56. The normalized spacial score (nSPS) is 28.3. The number of likely N-dealkylation sites (tertiary alicyclic amines) is 1. The highest BCUT2D eigenvalue weighted by molar-refractivity contribution is 5.28. The summed E-state index contributed by atoms with van der Waals surface area (Å²) in [5, 5.41) is 0. The van der Waals surface area contributed by atoms with Crippen LogP contribution in [0, 0.1) is 12.8 Å². The number of fused-ring (bicyclic) bond motifs is 1. The van der Waals surface area contributed by atoms with E-state index in [1.807, 2.05) is 0 Å². The fourth-order valence-corrected chi connectivity index (χ4v) is 4.24. The standard InChI is InChI=1S/C18H28N2/c1-14-6-2-4-8-16(14)17(19)11-13-20-12-10-15-7-3-5-9-18(15)20/h2,4,6,8,15,17-18H,3,5,7,9-13,19H2,1H3. The van der Waals surface area contributed by atoms with Crippen molar-refractivity contribution in [3.8, 4) is 0 Å². The van der Waals surface area contributed by atoms with E-state index in [4.69, 9.17) is 5.73 Å². The second kappa shape index (κ2) is 6.28. The van der Waals surface area contributed by atoms with Gasteiger partial charge in [0.25, 0.3) is 0 Å². The second-order valence-corrected chi connectivity index (χ2v) is 6.69. The molecule has 20 heavy (non-hydrogen) atoms. The summed E-state index contributed by atoms with van der Waals surface area (Å²) in [4.78, 5) is 2.72. The molecule has 1 saturated carbocycles. The zero-order valence-electron chi connectivity index (χ0n) is 12.7. The Morgan fingerprint density at radius 3 is 2.85 bits per heavy atom. The van der Waals surface area contributed by atoms with E-state index in [-0.39, 0.29) is 6.04 Å². The Morgan fingerprint density at radius 2 is 2.00 bits per heavy atom. The highest BCUT2D eigenvalue weighted by atomic mass is 15.2. The van der Waals surface area contributed by atoms with E-state index in [0.717, 1.165) is 18.4 Å². The van der Waals surface area contributed by atoms with Crippen molar-refractivity contribution in [3.63, 3.8) is 0 Å². The van der Waals surface area contributed by atoms with Gasteiger partial charge in [0.15, 0.2) is 0 Å². The van der Waals surface area contributed by atoms with Crippen molar-refractivity contribution in [1.29, 1.82) is 0 Å². The molecule has 0 aromatic heterocycles. The van der Waals surface area contributed by atoms with Crippen LogP contribution in [-0.4, -0.2) is 24.0 Å². The molecule has 2 heteroatoms. The molecule has 2 aliphatic rings. The Morgan fingerprint density at radius 1 is 1.20 bits per heavy atom. The van der Waals surface area contributed by atoms with Crippen molar-refractivity contribution in [1.82, 2.24) is 4.90 Å². The first-order valence-corrected chi connectivity index (χ1v) is 8.31. The van der Waals surface area contributed by atoms with Crippen LogP contribution in [0.1, 0.15) is 55.7 Å². The number of nitrogens with two attached hydrogens (primary N) is 1. The van der Waals surface area contributed by atoms with Gasteiger partial charge in [0, 0.05) is 18.6 Å². The van der Waals surface area contributed by atoms with E-state index in [0.29, 0.717) is 0 Å². The molecule has 3 atom stereocenters. The third-order valence-corrected chi connectivity index (χ3v) is 5.44. The van der Waals surface area contributed by atoms with Crippen LogP contribution < -0.4 is 5.73 Å². The van der Waals surface area contributed by atoms with Crippen LogP contribution in [0.3, 0.4) is 0 Å².